The van der Waals surface area contributed by atoms with Gasteiger partial charge in [0.05, 0.1) is 3.79 Å². The van der Waals surface area contributed by atoms with Gasteiger partial charge in [0.2, 0.25) is 0 Å². The van der Waals surface area contributed by atoms with Gasteiger partial charge in [-0.2, -0.15) is 0 Å². The number of aryl methyl sites for hydroxylation is 1. The third-order valence-electron chi connectivity index (χ3n) is 3.11. The van der Waals surface area contributed by atoms with E-state index in [0.29, 0.717) is 11.3 Å². The SMILES string of the molecule is Cc1cc(C(NN)c2cc3cc(F)ccc3o2)sc1Br. The smallest absolute Gasteiger partial charge is 0.134 e. The van der Waals surface area contributed by atoms with Gasteiger partial charge in [0, 0.05) is 10.3 Å². The highest BCUT2D eigenvalue weighted by atomic mass is 79.9. The van der Waals surface area contributed by atoms with Gasteiger partial charge in [-0.15, -0.1) is 11.3 Å². The number of furan rings is 1. The topological polar surface area (TPSA) is 51.2 Å². The van der Waals surface area contributed by atoms with E-state index in [1.807, 2.05) is 19.1 Å². The van der Waals surface area contributed by atoms with Crippen LogP contribution >= 0.6 is 27.3 Å². The number of nitrogens with one attached hydrogen (secondary N) is 1. The zero-order chi connectivity index (χ0) is 14.3. The quantitative estimate of drug-likeness (QED) is 0.545. The Labute approximate surface area is 127 Å². The van der Waals surface area contributed by atoms with Crippen molar-refractivity contribution in [3.8, 4) is 0 Å². The molecule has 1 aromatic carbocycles. The van der Waals surface area contributed by atoms with Crippen molar-refractivity contribution in [2.24, 2.45) is 5.84 Å². The Morgan fingerprint density at radius 3 is 2.80 bits per heavy atom. The summed E-state index contributed by atoms with van der Waals surface area (Å²) in [6, 6.07) is 8.06. The predicted octanol–water partition coefficient (Wildman–Crippen LogP) is 4.26. The first-order valence-corrected chi connectivity index (χ1v) is 7.60. The first-order valence-electron chi connectivity index (χ1n) is 5.99. The first kappa shape index (κ1) is 13.8. The van der Waals surface area contributed by atoms with Crippen molar-refractivity contribution >= 4 is 38.2 Å². The summed E-state index contributed by atoms with van der Waals surface area (Å²) in [6.07, 6.45) is 0. The molecule has 1 atom stereocenters. The Morgan fingerprint density at radius 1 is 1.35 bits per heavy atom. The fraction of sp³-hybridized carbons (Fsp3) is 0.143. The fourth-order valence-electron chi connectivity index (χ4n) is 2.11. The lowest BCUT2D eigenvalue weighted by atomic mass is 10.1. The Balaban J connectivity index is 2.06. The van der Waals surface area contributed by atoms with E-state index < -0.39 is 0 Å². The van der Waals surface area contributed by atoms with E-state index >= 15 is 0 Å². The van der Waals surface area contributed by atoms with Gasteiger partial charge < -0.3 is 4.42 Å². The maximum Gasteiger partial charge on any atom is 0.134 e. The lowest BCUT2D eigenvalue weighted by molar-refractivity contribution is 0.481. The Kier molecular flexibility index (Phi) is 3.64. The summed E-state index contributed by atoms with van der Waals surface area (Å²) in [5, 5.41) is 0.729. The van der Waals surface area contributed by atoms with E-state index in [2.05, 4.69) is 21.4 Å². The first-order chi connectivity index (χ1) is 9.58. The predicted molar refractivity (Wildman–Crippen MR) is 82.1 cm³/mol. The summed E-state index contributed by atoms with van der Waals surface area (Å²) in [5.41, 5.74) is 4.55. The molecule has 3 nitrogen and oxygen atoms in total. The summed E-state index contributed by atoms with van der Waals surface area (Å²) in [5.74, 6) is 6.04. The zero-order valence-electron chi connectivity index (χ0n) is 10.6. The molecule has 6 heteroatoms. The second-order valence-electron chi connectivity index (χ2n) is 4.54. The average molecular weight is 355 g/mol. The van der Waals surface area contributed by atoms with Crippen LogP contribution in [0.3, 0.4) is 0 Å². The van der Waals surface area contributed by atoms with Gasteiger partial charge in [0.1, 0.15) is 23.2 Å². The Morgan fingerprint density at radius 2 is 2.15 bits per heavy atom. The molecule has 0 saturated carbocycles. The van der Waals surface area contributed by atoms with Crippen LogP contribution < -0.4 is 11.3 Å². The van der Waals surface area contributed by atoms with Crippen molar-refractivity contribution in [1.29, 1.82) is 0 Å². The van der Waals surface area contributed by atoms with Crippen molar-refractivity contribution < 1.29 is 8.81 Å². The van der Waals surface area contributed by atoms with Crippen LogP contribution in [-0.2, 0) is 0 Å². The molecule has 3 aromatic rings. The van der Waals surface area contributed by atoms with Crippen molar-refractivity contribution in [2.75, 3.05) is 0 Å². The van der Waals surface area contributed by atoms with E-state index in [9.17, 15) is 4.39 Å². The number of hydrazine groups is 1. The minimum absolute atomic E-state index is 0.250. The van der Waals surface area contributed by atoms with E-state index in [1.54, 1.807) is 17.4 Å². The molecule has 0 aliphatic rings. The third-order valence-corrected chi connectivity index (χ3v) is 5.31. The van der Waals surface area contributed by atoms with Crippen molar-refractivity contribution in [3.63, 3.8) is 0 Å². The van der Waals surface area contributed by atoms with E-state index in [1.165, 1.54) is 12.1 Å². The van der Waals surface area contributed by atoms with Crippen LogP contribution in [0.1, 0.15) is 22.2 Å². The van der Waals surface area contributed by atoms with Gasteiger partial charge in [-0.25, -0.2) is 9.82 Å². The maximum atomic E-state index is 13.2. The monoisotopic (exact) mass is 354 g/mol. The van der Waals surface area contributed by atoms with Gasteiger partial charge in [-0.3, -0.25) is 5.84 Å². The van der Waals surface area contributed by atoms with Crippen LogP contribution in [0.25, 0.3) is 11.0 Å². The Bertz CT molecular complexity index is 748. The highest BCUT2D eigenvalue weighted by Crippen LogP contribution is 2.35. The standard InChI is InChI=1S/C14H12BrFN2OS/c1-7-4-12(20-14(7)15)13(18-17)11-6-8-5-9(16)2-3-10(8)19-11/h2-6,13,18H,17H2,1H3. The number of thiophene rings is 1. The molecular formula is C14H12BrFN2OS. The summed E-state index contributed by atoms with van der Waals surface area (Å²) in [6.45, 7) is 2.02. The normalized spacial score (nSPS) is 13.0. The molecule has 0 aliphatic carbocycles. The molecule has 0 bridgehead atoms. The van der Waals surface area contributed by atoms with Crippen molar-refractivity contribution in [1.82, 2.24) is 5.43 Å². The highest BCUT2D eigenvalue weighted by Gasteiger charge is 2.20. The minimum atomic E-state index is -0.281. The molecule has 20 heavy (non-hydrogen) atoms. The number of fused-ring (bicyclic) bond motifs is 1. The zero-order valence-corrected chi connectivity index (χ0v) is 13.0. The van der Waals surface area contributed by atoms with E-state index in [4.69, 9.17) is 10.3 Å². The molecule has 0 amide bonds. The molecule has 3 rings (SSSR count). The van der Waals surface area contributed by atoms with Gasteiger partial charge >= 0.3 is 0 Å². The third kappa shape index (κ3) is 2.40. The molecule has 2 heterocycles. The number of halogens is 2. The number of nitrogens with two attached hydrogens (primary N) is 1. The van der Waals surface area contributed by atoms with Crippen molar-refractivity contribution in [3.05, 3.63) is 56.1 Å². The average Bonchev–Trinajstić information content (AvgIpc) is 2.95. The van der Waals surface area contributed by atoms with Crippen molar-refractivity contribution in [2.45, 2.75) is 13.0 Å². The molecule has 2 aromatic heterocycles. The molecule has 3 N–H and O–H groups in total. The largest absolute Gasteiger partial charge is 0.459 e. The van der Waals surface area contributed by atoms with Crippen LogP contribution in [0.4, 0.5) is 4.39 Å². The van der Waals surface area contributed by atoms with E-state index in [0.717, 1.165) is 19.6 Å². The lowest BCUT2D eigenvalue weighted by Crippen LogP contribution is -2.27. The fourth-order valence-corrected chi connectivity index (χ4v) is 3.75. The second-order valence-corrected chi connectivity index (χ2v) is 6.94. The van der Waals surface area contributed by atoms with Crippen LogP contribution in [0, 0.1) is 12.7 Å². The van der Waals surface area contributed by atoms with Gasteiger partial charge in [0.25, 0.3) is 0 Å². The number of hydrogen-bond acceptors (Lipinski definition) is 4. The van der Waals surface area contributed by atoms with E-state index in [-0.39, 0.29) is 11.9 Å². The number of hydrogen-bond donors (Lipinski definition) is 2. The second kappa shape index (κ2) is 5.29. The number of benzene rings is 1. The molecular weight excluding hydrogens is 343 g/mol. The summed E-state index contributed by atoms with van der Waals surface area (Å²) >= 11 is 5.10. The van der Waals surface area contributed by atoms with Crippen LogP contribution in [0.15, 0.2) is 38.5 Å². The minimum Gasteiger partial charge on any atom is -0.459 e. The molecule has 0 radical (unpaired) electrons. The number of rotatable bonds is 3. The molecule has 104 valence electrons. The molecule has 1 unspecified atom stereocenters. The molecule has 0 saturated heterocycles. The van der Waals surface area contributed by atoms with Gasteiger partial charge in [0.15, 0.2) is 0 Å². The summed E-state index contributed by atoms with van der Waals surface area (Å²) < 4.78 is 20.0. The van der Waals surface area contributed by atoms with Crippen LogP contribution in [0.2, 0.25) is 0 Å². The summed E-state index contributed by atoms with van der Waals surface area (Å²) in [7, 11) is 0. The Hall–Kier alpha value is -1.21. The van der Waals surface area contributed by atoms with Gasteiger partial charge in [-0.05, 0) is 58.7 Å². The van der Waals surface area contributed by atoms with Crippen LogP contribution in [-0.4, -0.2) is 0 Å². The molecule has 0 spiro atoms. The lowest BCUT2D eigenvalue weighted by Gasteiger charge is -2.10. The molecule has 0 aliphatic heterocycles. The highest BCUT2D eigenvalue weighted by molar-refractivity contribution is 9.11. The molecule has 0 fully saturated rings. The van der Waals surface area contributed by atoms with Gasteiger partial charge in [-0.1, -0.05) is 0 Å². The summed E-state index contributed by atoms with van der Waals surface area (Å²) in [4.78, 5) is 1.04. The maximum absolute atomic E-state index is 13.2. The van der Waals surface area contributed by atoms with Crippen LogP contribution in [0.5, 0.6) is 0 Å².